The second-order valence-corrected chi connectivity index (χ2v) is 9.13. The van der Waals surface area contributed by atoms with Gasteiger partial charge in [-0.3, -0.25) is 19.3 Å². The summed E-state index contributed by atoms with van der Waals surface area (Å²) in [4.78, 5) is 53.3. The molecule has 2 aromatic rings. The number of hydrogen-bond donors (Lipinski definition) is 1. The molecule has 1 N–H and O–H groups in total. The molecule has 166 valence electrons. The zero-order chi connectivity index (χ0) is 22.4. The monoisotopic (exact) mass is 454 g/mol. The lowest BCUT2D eigenvalue weighted by Gasteiger charge is -2.43. The number of hydrogen-bond acceptors (Lipinski definition) is 4. The van der Waals surface area contributed by atoms with Crippen LogP contribution < -0.4 is 10.9 Å². The number of rotatable bonds is 4. The third-order valence-electron chi connectivity index (χ3n) is 6.60. The van der Waals surface area contributed by atoms with Gasteiger partial charge in [0.05, 0.1) is 13.0 Å². The van der Waals surface area contributed by atoms with Gasteiger partial charge in [0.2, 0.25) is 5.91 Å². The Kier molecular flexibility index (Phi) is 5.25. The largest absolute Gasteiger partial charge is 0.342 e. The molecule has 3 atom stereocenters. The van der Waals surface area contributed by atoms with Crippen molar-refractivity contribution in [2.45, 2.75) is 37.9 Å². The Morgan fingerprint density at radius 3 is 2.66 bits per heavy atom. The van der Waals surface area contributed by atoms with Crippen molar-refractivity contribution in [3.63, 3.8) is 0 Å². The molecule has 9 heteroatoms. The lowest BCUT2D eigenvalue weighted by atomic mass is 9.83. The SMILES string of the molecule is O=C(C[C@@H]1NC(=O)N(Cc2ccccc2Cl)C1=O)N1C[C@H]2C[C@@H](C1)c1cccc(=O)n1C2. The van der Waals surface area contributed by atoms with Crippen LogP contribution in [0.5, 0.6) is 0 Å². The molecule has 0 aliphatic carbocycles. The molecule has 8 nitrogen and oxygen atoms in total. The molecule has 3 aliphatic heterocycles. The van der Waals surface area contributed by atoms with Gasteiger partial charge in [-0.25, -0.2) is 4.79 Å². The number of amides is 4. The summed E-state index contributed by atoms with van der Waals surface area (Å²) < 4.78 is 1.81. The van der Waals surface area contributed by atoms with Crippen molar-refractivity contribution in [3.05, 3.63) is 69.1 Å². The Bertz CT molecular complexity index is 1160. The van der Waals surface area contributed by atoms with Gasteiger partial charge >= 0.3 is 6.03 Å². The molecule has 4 amide bonds. The van der Waals surface area contributed by atoms with Crippen molar-refractivity contribution in [2.75, 3.05) is 13.1 Å². The first-order valence-electron chi connectivity index (χ1n) is 10.7. The summed E-state index contributed by atoms with van der Waals surface area (Å²) in [5, 5.41) is 3.12. The fourth-order valence-electron chi connectivity index (χ4n) is 5.07. The van der Waals surface area contributed by atoms with Gasteiger partial charge in [0.15, 0.2) is 0 Å². The van der Waals surface area contributed by atoms with Crippen molar-refractivity contribution >= 4 is 29.4 Å². The number of urea groups is 1. The van der Waals surface area contributed by atoms with E-state index in [0.717, 1.165) is 17.0 Å². The zero-order valence-corrected chi connectivity index (χ0v) is 18.1. The molecule has 0 radical (unpaired) electrons. The molecule has 32 heavy (non-hydrogen) atoms. The fraction of sp³-hybridized carbons (Fsp3) is 0.391. The minimum Gasteiger partial charge on any atom is -0.342 e. The van der Waals surface area contributed by atoms with E-state index >= 15 is 0 Å². The summed E-state index contributed by atoms with van der Waals surface area (Å²) in [5.41, 5.74) is 1.62. The van der Waals surface area contributed by atoms with Crippen molar-refractivity contribution in [1.82, 2.24) is 19.7 Å². The van der Waals surface area contributed by atoms with Gasteiger partial charge in [0.1, 0.15) is 6.04 Å². The van der Waals surface area contributed by atoms with Gasteiger partial charge in [-0.2, -0.15) is 0 Å². The summed E-state index contributed by atoms with van der Waals surface area (Å²) >= 11 is 6.16. The highest BCUT2D eigenvalue weighted by atomic mass is 35.5. The fourth-order valence-corrected chi connectivity index (χ4v) is 5.26. The molecule has 5 rings (SSSR count). The van der Waals surface area contributed by atoms with Gasteiger partial charge < -0.3 is 14.8 Å². The molecule has 2 saturated heterocycles. The van der Waals surface area contributed by atoms with Gasteiger partial charge in [-0.1, -0.05) is 35.9 Å². The summed E-state index contributed by atoms with van der Waals surface area (Å²) in [6.07, 6.45) is 0.864. The molecular formula is C23H23ClN4O4. The molecule has 1 aromatic carbocycles. The highest BCUT2D eigenvalue weighted by Gasteiger charge is 2.42. The van der Waals surface area contributed by atoms with Crippen LogP contribution in [0.1, 0.15) is 30.0 Å². The van der Waals surface area contributed by atoms with E-state index in [2.05, 4.69) is 5.32 Å². The van der Waals surface area contributed by atoms with Crippen LogP contribution in [0.3, 0.4) is 0 Å². The first-order chi connectivity index (χ1) is 15.4. The van der Waals surface area contributed by atoms with Crippen LogP contribution >= 0.6 is 11.6 Å². The molecule has 2 fully saturated rings. The predicted molar refractivity (Wildman–Crippen MR) is 117 cm³/mol. The zero-order valence-electron chi connectivity index (χ0n) is 17.4. The van der Waals surface area contributed by atoms with E-state index in [4.69, 9.17) is 11.6 Å². The number of nitrogens with zero attached hydrogens (tertiary/aromatic N) is 3. The Morgan fingerprint density at radius 2 is 1.84 bits per heavy atom. The highest BCUT2D eigenvalue weighted by Crippen LogP contribution is 2.35. The molecular weight excluding hydrogens is 432 g/mol. The number of benzene rings is 1. The average molecular weight is 455 g/mol. The molecule has 0 saturated carbocycles. The Balaban J connectivity index is 1.26. The number of likely N-dealkylation sites (tertiary alicyclic amines) is 1. The van der Waals surface area contributed by atoms with Crippen LogP contribution in [0.15, 0.2) is 47.3 Å². The van der Waals surface area contributed by atoms with E-state index in [1.54, 1.807) is 41.3 Å². The van der Waals surface area contributed by atoms with E-state index in [1.807, 2.05) is 10.6 Å². The number of nitrogens with one attached hydrogen (secondary N) is 1. The maximum atomic E-state index is 13.0. The molecule has 4 heterocycles. The second kappa shape index (κ2) is 8.09. The first-order valence-corrected chi connectivity index (χ1v) is 11.1. The van der Waals surface area contributed by atoms with Crippen LogP contribution in [0, 0.1) is 5.92 Å². The predicted octanol–water partition coefficient (Wildman–Crippen LogP) is 1.96. The van der Waals surface area contributed by atoms with Crippen LogP contribution in [-0.4, -0.2) is 51.3 Å². The van der Waals surface area contributed by atoms with Crippen molar-refractivity contribution < 1.29 is 14.4 Å². The van der Waals surface area contributed by atoms with Gasteiger partial charge in [-0.15, -0.1) is 0 Å². The van der Waals surface area contributed by atoms with Crippen molar-refractivity contribution in [2.24, 2.45) is 5.92 Å². The Hall–Kier alpha value is -3.13. The van der Waals surface area contributed by atoms with Crippen LogP contribution in [0.25, 0.3) is 0 Å². The Labute approximate surface area is 189 Å². The lowest BCUT2D eigenvalue weighted by Crippen LogP contribution is -2.50. The second-order valence-electron chi connectivity index (χ2n) is 8.72. The molecule has 0 spiro atoms. The van der Waals surface area contributed by atoms with Gasteiger partial charge in [-0.05, 0) is 30.0 Å². The molecule has 2 bridgehead atoms. The first kappa shape index (κ1) is 20.8. The summed E-state index contributed by atoms with van der Waals surface area (Å²) in [6, 6.07) is 10.9. The number of piperidine rings is 1. The number of carbonyl (C=O) groups is 3. The van der Waals surface area contributed by atoms with Crippen LogP contribution in [0.4, 0.5) is 4.79 Å². The summed E-state index contributed by atoms with van der Waals surface area (Å²) in [7, 11) is 0. The average Bonchev–Trinajstić information content (AvgIpc) is 3.03. The minimum absolute atomic E-state index is 0.00477. The van der Waals surface area contributed by atoms with E-state index in [9.17, 15) is 19.2 Å². The van der Waals surface area contributed by atoms with Crippen LogP contribution in [0.2, 0.25) is 5.02 Å². The summed E-state index contributed by atoms with van der Waals surface area (Å²) in [6.45, 7) is 1.72. The lowest BCUT2D eigenvalue weighted by molar-refractivity contribution is -0.137. The third-order valence-corrected chi connectivity index (χ3v) is 6.97. The topological polar surface area (TPSA) is 91.7 Å². The van der Waals surface area contributed by atoms with Crippen molar-refractivity contribution in [1.29, 1.82) is 0 Å². The number of pyridine rings is 1. The normalized spacial score (nSPS) is 24.3. The number of imide groups is 1. The van der Waals surface area contributed by atoms with E-state index in [0.29, 0.717) is 30.2 Å². The molecule has 0 unspecified atom stereocenters. The standard InChI is InChI=1S/C23H23ClN4O4/c24-17-5-2-1-4-15(17)13-28-22(31)18(25-23(28)32)9-21(30)26-10-14-8-16(12-26)19-6-3-7-20(29)27(19)11-14/h1-7,14,16,18H,8-13H2,(H,25,32)/t14-,16+,18+/m1/s1. The van der Waals surface area contributed by atoms with Crippen molar-refractivity contribution in [3.8, 4) is 0 Å². The van der Waals surface area contributed by atoms with E-state index < -0.39 is 18.0 Å². The van der Waals surface area contributed by atoms with E-state index in [1.165, 1.54) is 0 Å². The molecule has 3 aliphatic rings. The maximum Gasteiger partial charge on any atom is 0.325 e. The minimum atomic E-state index is -0.880. The number of fused-ring (bicyclic) bond motifs is 4. The van der Waals surface area contributed by atoms with Gasteiger partial charge in [0.25, 0.3) is 11.5 Å². The van der Waals surface area contributed by atoms with Gasteiger partial charge in [0, 0.05) is 42.3 Å². The molecule has 1 aromatic heterocycles. The Morgan fingerprint density at radius 1 is 1.03 bits per heavy atom. The van der Waals surface area contributed by atoms with E-state index in [-0.39, 0.29) is 36.3 Å². The maximum absolute atomic E-state index is 13.0. The quantitative estimate of drug-likeness (QED) is 0.715. The smallest absolute Gasteiger partial charge is 0.325 e. The highest BCUT2D eigenvalue weighted by molar-refractivity contribution is 6.31. The number of carbonyl (C=O) groups excluding carboxylic acids is 3. The third kappa shape index (κ3) is 3.68. The number of aromatic nitrogens is 1. The van der Waals surface area contributed by atoms with Crippen LogP contribution in [-0.2, 0) is 22.7 Å². The number of halogens is 1. The summed E-state index contributed by atoms with van der Waals surface area (Å²) in [5.74, 6) is -0.274.